The van der Waals surface area contributed by atoms with Gasteiger partial charge in [0.15, 0.2) is 11.5 Å². The van der Waals surface area contributed by atoms with Crippen LogP contribution in [-0.2, 0) is 29.0 Å². The second kappa shape index (κ2) is 12.8. The van der Waals surface area contributed by atoms with Crippen LogP contribution >= 0.6 is 0 Å². The maximum Gasteiger partial charge on any atom is 0.224 e. The van der Waals surface area contributed by atoms with Crippen LogP contribution in [0.3, 0.4) is 0 Å². The van der Waals surface area contributed by atoms with Crippen LogP contribution in [0.2, 0.25) is 0 Å². The number of methoxy groups -OCH3 is 2. The summed E-state index contributed by atoms with van der Waals surface area (Å²) in [6.45, 7) is 1.61. The van der Waals surface area contributed by atoms with Gasteiger partial charge < -0.3 is 24.4 Å². The molecule has 0 saturated carbocycles. The monoisotopic (exact) mass is 502 g/mol. The van der Waals surface area contributed by atoms with E-state index in [2.05, 4.69) is 5.32 Å². The molecule has 0 spiro atoms. The average molecular weight is 503 g/mol. The highest BCUT2D eigenvalue weighted by molar-refractivity contribution is 5.94. The number of benzene rings is 3. The Morgan fingerprint density at radius 2 is 1.73 bits per heavy atom. The van der Waals surface area contributed by atoms with Crippen molar-refractivity contribution in [3.8, 4) is 17.2 Å². The number of amides is 2. The first kappa shape index (κ1) is 26.1. The van der Waals surface area contributed by atoms with Gasteiger partial charge in [-0.2, -0.15) is 0 Å². The van der Waals surface area contributed by atoms with Crippen LogP contribution < -0.4 is 19.5 Å². The van der Waals surface area contributed by atoms with Gasteiger partial charge in [-0.25, -0.2) is 0 Å². The molecule has 2 amide bonds. The number of anilines is 1. The molecule has 1 aliphatic heterocycles. The molecule has 194 valence electrons. The van der Waals surface area contributed by atoms with Crippen LogP contribution in [0, 0.1) is 0 Å². The summed E-state index contributed by atoms with van der Waals surface area (Å²) < 4.78 is 16.7. The fourth-order valence-corrected chi connectivity index (χ4v) is 4.42. The lowest BCUT2D eigenvalue weighted by molar-refractivity contribution is -0.132. The van der Waals surface area contributed by atoms with Gasteiger partial charge in [0.2, 0.25) is 11.8 Å². The number of aryl methyl sites for hydroxylation is 1. The van der Waals surface area contributed by atoms with E-state index in [0.29, 0.717) is 63.3 Å². The Hall–Kier alpha value is -4.00. The maximum atomic E-state index is 13.2. The number of ether oxygens (including phenoxy) is 3. The molecule has 0 radical (unpaired) electrons. The Morgan fingerprint density at radius 3 is 2.51 bits per heavy atom. The first-order valence-corrected chi connectivity index (χ1v) is 12.6. The number of carbonyl (C=O) groups is 2. The van der Waals surface area contributed by atoms with Crippen molar-refractivity contribution in [3.63, 3.8) is 0 Å². The minimum atomic E-state index is 0.0471. The van der Waals surface area contributed by atoms with E-state index in [4.69, 9.17) is 14.2 Å². The van der Waals surface area contributed by atoms with Crippen LogP contribution in [0.4, 0.5) is 5.69 Å². The first-order valence-electron chi connectivity index (χ1n) is 12.6. The number of rotatable bonds is 12. The van der Waals surface area contributed by atoms with Gasteiger partial charge in [0, 0.05) is 31.6 Å². The van der Waals surface area contributed by atoms with E-state index in [1.165, 1.54) is 0 Å². The average Bonchev–Trinajstić information content (AvgIpc) is 2.93. The Labute approximate surface area is 218 Å². The molecule has 0 unspecified atom stereocenters. The molecule has 7 nitrogen and oxygen atoms in total. The zero-order chi connectivity index (χ0) is 26.0. The number of nitrogens with one attached hydrogen (secondary N) is 1. The molecule has 3 aromatic rings. The highest BCUT2D eigenvalue weighted by atomic mass is 16.5. The molecule has 7 heteroatoms. The fourth-order valence-electron chi connectivity index (χ4n) is 4.42. The summed E-state index contributed by atoms with van der Waals surface area (Å²) in [5.74, 6) is 2.28. The lowest BCUT2D eigenvalue weighted by atomic mass is 10.0. The molecular weight excluding hydrogens is 468 g/mol. The third kappa shape index (κ3) is 7.26. The van der Waals surface area contributed by atoms with E-state index < -0.39 is 0 Å². The molecule has 0 fully saturated rings. The maximum absolute atomic E-state index is 13.2. The van der Waals surface area contributed by atoms with Gasteiger partial charge >= 0.3 is 0 Å². The van der Waals surface area contributed by atoms with Crippen molar-refractivity contribution in [2.75, 3.05) is 32.7 Å². The molecule has 0 aromatic heterocycles. The van der Waals surface area contributed by atoms with Crippen LogP contribution in [0.25, 0.3) is 0 Å². The van der Waals surface area contributed by atoms with Crippen molar-refractivity contribution in [2.24, 2.45) is 0 Å². The summed E-state index contributed by atoms with van der Waals surface area (Å²) in [7, 11) is 3.24. The van der Waals surface area contributed by atoms with E-state index in [9.17, 15) is 9.59 Å². The normalized spacial score (nSPS) is 12.3. The van der Waals surface area contributed by atoms with Crippen LogP contribution in [0.15, 0.2) is 66.7 Å². The number of carbonyl (C=O) groups excluding carboxylic acids is 2. The lowest BCUT2D eigenvalue weighted by Crippen LogP contribution is -2.32. The van der Waals surface area contributed by atoms with Crippen molar-refractivity contribution in [2.45, 2.75) is 38.6 Å². The molecule has 3 aromatic carbocycles. The first-order chi connectivity index (χ1) is 18.1. The van der Waals surface area contributed by atoms with Gasteiger partial charge in [-0.1, -0.05) is 36.4 Å². The van der Waals surface area contributed by atoms with Crippen molar-refractivity contribution >= 4 is 17.5 Å². The molecule has 4 rings (SSSR count). The topological polar surface area (TPSA) is 77.1 Å². The Balaban J connectivity index is 1.32. The molecule has 1 N–H and O–H groups in total. The smallest absolute Gasteiger partial charge is 0.224 e. The fraction of sp³-hybridized carbons (Fsp3) is 0.333. The molecule has 0 atom stereocenters. The van der Waals surface area contributed by atoms with E-state index >= 15 is 0 Å². The van der Waals surface area contributed by atoms with Crippen molar-refractivity contribution in [3.05, 3.63) is 83.4 Å². The number of nitrogens with zero attached hydrogens (tertiary/aromatic N) is 1. The summed E-state index contributed by atoms with van der Waals surface area (Å²) in [5, 5.41) is 2.88. The number of hydrogen-bond donors (Lipinski definition) is 1. The molecule has 0 saturated heterocycles. The Bertz CT molecular complexity index is 1210. The predicted octanol–water partition coefficient (Wildman–Crippen LogP) is 5.02. The van der Waals surface area contributed by atoms with Crippen LogP contribution in [0.5, 0.6) is 17.2 Å². The molecule has 1 aliphatic rings. The zero-order valence-corrected chi connectivity index (χ0v) is 21.5. The van der Waals surface area contributed by atoms with Crippen LogP contribution in [-0.4, -0.2) is 44.1 Å². The zero-order valence-electron chi connectivity index (χ0n) is 21.5. The highest BCUT2D eigenvalue weighted by Gasteiger charge is 2.17. The molecule has 0 aliphatic carbocycles. The Morgan fingerprint density at radius 1 is 0.919 bits per heavy atom. The van der Waals surface area contributed by atoms with E-state index in [1.807, 2.05) is 71.6 Å². The van der Waals surface area contributed by atoms with Crippen molar-refractivity contribution in [1.82, 2.24) is 4.90 Å². The van der Waals surface area contributed by atoms with Gasteiger partial charge in [-0.3, -0.25) is 9.59 Å². The lowest BCUT2D eigenvalue weighted by Gasteiger charge is -2.23. The molecule has 1 heterocycles. The van der Waals surface area contributed by atoms with Gasteiger partial charge in [0.05, 0.1) is 20.8 Å². The molecular formula is C30H34N2O5. The van der Waals surface area contributed by atoms with Crippen LogP contribution in [0.1, 0.15) is 36.0 Å². The second-order valence-corrected chi connectivity index (χ2v) is 9.06. The predicted molar refractivity (Wildman–Crippen MR) is 143 cm³/mol. The number of fused-ring (bicyclic) bond motifs is 1. The minimum absolute atomic E-state index is 0.0471. The standard InChI is InChI=1S/C30H34N2O5/c1-35-27-14-10-22(19-28(27)36-2)16-17-32(21-23-7-4-3-5-8-23)30(34)9-6-18-37-25-12-13-26-24(20-25)11-15-29(33)31-26/h3-5,7-8,10,12-14,19-20H,6,9,11,15-18,21H2,1-2H3,(H,31,33). The van der Waals surface area contributed by atoms with Gasteiger partial charge in [-0.05, 0) is 66.3 Å². The summed E-state index contributed by atoms with van der Waals surface area (Å²) in [6, 6.07) is 21.6. The Kier molecular flexibility index (Phi) is 9.03. The third-order valence-corrected chi connectivity index (χ3v) is 6.46. The summed E-state index contributed by atoms with van der Waals surface area (Å²) in [5.41, 5.74) is 4.11. The van der Waals surface area contributed by atoms with Gasteiger partial charge in [-0.15, -0.1) is 0 Å². The summed E-state index contributed by atoms with van der Waals surface area (Å²) in [4.78, 5) is 26.7. The molecule has 37 heavy (non-hydrogen) atoms. The van der Waals surface area contributed by atoms with Gasteiger partial charge in [0.1, 0.15) is 5.75 Å². The second-order valence-electron chi connectivity index (χ2n) is 9.06. The summed E-state index contributed by atoms with van der Waals surface area (Å²) in [6.07, 6.45) is 2.94. The molecule has 0 bridgehead atoms. The van der Waals surface area contributed by atoms with E-state index in [0.717, 1.165) is 28.1 Å². The van der Waals surface area contributed by atoms with E-state index in [-0.39, 0.29) is 11.8 Å². The third-order valence-electron chi connectivity index (χ3n) is 6.46. The SMILES string of the molecule is COc1ccc(CCN(Cc2ccccc2)C(=O)CCCOc2ccc3c(c2)CCC(=O)N3)cc1OC. The quantitative estimate of drug-likeness (QED) is 0.352. The van der Waals surface area contributed by atoms with E-state index in [1.54, 1.807) is 14.2 Å². The minimum Gasteiger partial charge on any atom is -0.494 e. The highest BCUT2D eigenvalue weighted by Crippen LogP contribution is 2.28. The summed E-state index contributed by atoms with van der Waals surface area (Å²) >= 11 is 0. The largest absolute Gasteiger partial charge is 0.494 e. The van der Waals surface area contributed by atoms with Crippen molar-refractivity contribution in [1.29, 1.82) is 0 Å². The number of hydrogen-bond acceptors (Lipinski definition) is 5. The van der Waals surface area contributed by atoms with Crippen molar-refractivity contribution < 1.29 is 23.8 Å². The van der Waals surface area contributed by atoms with Gasteiger partial charge in [0.25, 0.3) is 0 Å².